The average Bonchev–Trinajstić information content (AvgIpc) is 2.54. The summed E-state index contributed by atoms with van der Waals surface area (Å²) in [6, 6.07) is 6.07. The molecule has 2 heterocycles. The van der Waals surface area contributed by atoms with Crippen LogP contribution in [0, 0.1) is 0 Å². The number of carbonyl (C=O) groups excluding carboxylic acids is 2. The quantitative estimate of drug-likeness (QED) is 0.627. The summed E-state index contributed by atoms with van der Waals surface area (Å²) in [5.41, 5.74) is -0.229. The van der Waals surface area contributed by atoms with Crippen molar-refractivity contribution in [2.24, 2.45) is 0 Å². The molecular weight excluding hydrogens is 310 g/mol. The van der Waals surface area contributed by atoms with Crippen LogP contribution in [0.15, 0.2) is 57.9 Å². The second-order valence-electron chi connectivity index (χ2n) is 5.32. The number of nitrogens with zero attached hydrogens (tertiary/aromatic N) is 1. The minimum absolute atomic E-state index is 0.111. The zero-order valence-electron chi connectivity index (χ0n) is 13.2. The predicted molar refractivity (Wildman–Crippen MR) is 87.3 cm³/mol. The van der Waals surface area contributed by atoms with E-state index in [1.54, 1.807) is 48.7 Å². The lowest BCUT2D eigenvalue weighted by molar-refractivity contribution is -0.131. The Morgan fingerprint density at radius 1 is 1.17 bits per heavy atom. The Morgan fingerprint density at radius 3 is 2.62 bits per heavy atom. The van der Waals surface area contributed by atoms with Gasteiger partial charge in [-0.05, 0) is 18.2 Å². The van der Waals surface area contributed by atoms with E-state index < -0.39 is 17.6 Å². The van der Waals surface area contributed by atoms with E-state index in [2.05, 4.69) is 0 Å². The van der Waals surface area contributed by atoms with Gasteiger partial charge >= 0.3 is 11.6 Å². The number of hydrogen-bond acceptors (Lipinski definition) is 5. The molecule has 1 atom stereocenters. The van der Waals surface area contributed by atoms with E-state index in [1.165, 1.54) is 18.7 Å². The smallest absolute Gasteiger partial charge is 0.345 e. The number of carbonyl (C=O) groups is 2. The van der Waals surface area contributed by atoms with Crippen molar-refractivity contribution in [3.05, 3.63) is 64.7 Å². The number of hydrogen-bond donors (Lipinski definition) is 0. The number of ether oxygens (including phenoxy) is 1. The SMILES string of the molecule is CC(=O)Oc1c(C2C=CC=CN2C(C)=O)c(=O)oc2ccccc12. The summed E-state index contributed by atoms with van der Waals surface area (Å²) in [6.07, 6.45) is 6.65. The molecule has 1 aliphatic rings. The molecule has 122 valence electrons. The predicted octanol–water partition coefficient (Wildman–Crippen LogP) is 2.69. The van der Waals surface area contributed by atoms with Gasteiger partial charge in [0.25, 0.3) is 0 Å². The Morgan fingerprint density at radius 2 is 1.92 bits per heavy atom. The summed E-state index contributed by atoms with van der Waals surface area (Å²) in [6.45, 7) is 2.65. The largest absolute Gasteiger partial charge is 0.425 e. The molecule has 1 unspecified atom stereocenters. The zero-order valence-corrected chi connectivity index (χ0v) is 13.2. The van der Waals surface area contributed by atoms with Crippen molar-refractivity contribution in [3.63, 3.8) is 0 Å². The molecule has 0 bridgehead atoms. The van der Waals surface area contributed by atoms with Gasteiger partial charge < -0.3 is 14.1 Å². The van der Waals surface area contributed by atoms with Gasteiger partial charge in [-0.3, -0.25) is 9.59 Å². The van der Waals surface area contributed by atoms with Crippen LogP contribution in [0.2, 0.25) is 0 Å². The monoisotopic (exact) mass is 325 g/mol. The fourth-order valence-electron chi connectivity index (χ4n) is 2.68. The van der Waals surface area contributed by atoms with E-state index in [0.29, 0.717) is 11.0 Å². The summed E-state index contributed by atoms with van der Waals surface area (Å²) in [5, 5.41) is 0.494. The van der Waals surface area contributed by atoms with Crippen LogP contribution in [0.1, 0.15) is 25.5 Å². The molecule has 6 heteroatoms. The number of fused-ring (bicyclic) bond motifs is 1. The fourth-order valence-corrected chi connectivity index (χ4v) is 2.68. The second kappa shape index (κ2) is 6.16. The minimum Gasteiger partial charge on any atom is -0.425 e. The van der Waals surface area contributed by atoms with Crippen LogP contribution in [0.5, 0.6) is 5.75 Å². The lowest BCUT2D eigenvalue weighted by Gasteiger charge is -2.28. The number of benzene rings is 1. The minimum atomic E-state index is -0.706. The molecule has 1 aromatic heterocycles. The highest BCUT2D eigenvalue weighted by molar-refractivity contribution is 5.88. The van der Waals surface area contributed by atoms with Crippen molar-refractivity contribution >= 4 is 22.8 Å². The maximum absolute atomic E-state index is 12.5. The highest BCUT2D eigenvalue weighted by Gasteiger charge is 2.29. The van der Waals surface area contributed by atoms with Gasteiger partial charge in [-0.1, -0.05) is 24.3 Å². The Labute approximate surface area is 137 Å². The third kappa shape index (κ3) is 2.74. The molecule has 1 aliphatic heterocycles. The van der Waals surface area contributed by atoms with Crippen molar-refractivity contribution in [1.29, 1.82) is 0 Å². The second-order valence-corrected chi connectivity index (χ2v) is 5.32. The van der Waals surface area contributed by atoms with Crippen LogP contribution in [0.25, 0.3) is 11.0 Å². The normalized spacial score (nSPS) is 16.4. The Hall–Kier alpha value is -3.15. The number of para-hydroxylation sites is 1. The van der Waals surface area contributed by atoms with Gasteiger partial charge in [-0.15, -0.1) is 0 Å². The van der Waals surface area contributed by atoms with Crippen molar-refractivity contribution in [1.82, 2.24) is 4.90 Å². The van der Waals surface area contributed by atoms with E-state index in [1.807, 2.05) is 0 Å². The molecule has 0 radical (unpaired) electrons. The molecule has 6 nitrogen and oxygen atoms in total. The maximum Gasteiger partial charge on any atom is 0.345 e. The summed E-state index contributed by atoms with van der Waals surface area (Å²) >= 11 is 0. The molecular formula is C18H15NO5. The molecule has 24 heavy (non-hydrogen) atoms. The van der Waals surface area contributed by atoms with Crippen molar-refractivity contribution in [3.8, 4) is 5.75 Å². The van der Waals surface area contributed by atoms with Gasteiger partial charge in [0.2, 0.25) is 5.91 Å². The maximum atomic E-state index is 12.5. The molecule has 1 amide bonds. The molecule has 0 N–H and O–H groups in total. The molecule has 0 spiro atoms. The fraction of sp³-hybridized carbons (Fsp3) is 0.167. The third-order valence-electron chi connectivity index (χ3n) is 3.65. The molecule has 0 saturated heterocycles. The van der Waals surface area contributed by atoms with Crippen LogP contribution < -0.4 is 10.4 Å². The average molecular weight is 325 g/mol. The number of esters is 1. The van der Waals surface area contributed by atoms with Gasteiger partial charge in [-0.25, -0.2) is 4.79 Å². The molecule has 2 aromatic rings. The highest BCUT2D eigenvalue weighted by atomic mass is 16.5. The van der Waals surface area contributed by atoms with Crippen molar-refractivity contribution < 1.29 is 18.7 Å². The molecule has 0 saturated carbocycles. The Kier molecular flexibility index (Phi) is 4.04. The van der Waals surface area contributed by atoms with Crippen molar-refractivity contribution in [2.75, 3.05) is 0 Å². The van der Waals surface area contributed by atoms with Crippen LogP contribution in [-0.2, 0) is 9.59 Å². The summed E-state index contributed by atoms with van der Waals surface area (Å²) < 4.78 is 10.7. The lowest BCUT2D eigenvalue weighted by Crippen LogP contribution is -2.32. The molecule has 0 aliphatic carbocycles. The number of amides is 1. The van der Waals surface area contributed by atoms with E-state index in [4.69, 9.17) is 9.15 Å². The molecule has 1 aromatic carbocycles. The summed E-state index contributed by atoms with van der Waals surface area (Å²) in [5.74, 6) is -0.691. The first kappa shape index (κ1) is 15.7. The van der Waals surface area contributed by atoms with Gasteiger partial charge in [0.1, 0.15) is 11.1 Å². The summed E-state index contributed by atoms with van der Waals surface area (Å²) in [4.78, 5) is 37.4. The van der Waals surface area contributed by atoms with Gasteiger partial charge in [-0.2, -0.15) is 0 Å². The molecule has 3 rings (SSSR count). The first-order valence-corrected chi connectivity index (χ1v) is 7.37. The first-order chi connectivity index (χ1) is 11.5. The lowest BCUT2D eigenvalue weighted by atomic mass is 10.0. The van der Waals surface area contributed by atoms with Gasteiger partial charge in [0.05, 0.1) is 11.4 Å². The summed E-state index contributed by atoms with van der Waals surface area (Å²) in [7, 11) is 0. The zero-order chi connectivity index (χ0) is 17.3. The number of rotatable bonds is 2. The van der Waals surface area contributed by atoms with E-state index in [0.717, 1.165) is 0 Å². The Bertz CT molecular complexity index is 938. The van der Waals surface area contributed by atoms with Crippen LogP contribution in [0.3, 0.4) is 0 Å². The topological polar surface area (TPSA) is 76.8 Å². The van der Waals surface area contributed by atoms with E-state index in [9.17, 15) is 14.4 Å². The van der Waals surface area contributed by atoms with E-state index in [-0.39, 0.29) is 17.2 Å². The van der Waals surface area contributed by atoms with E-state index >= 15 is 0 Å². The van der Waals surface area contributed by atoms with Crippen molar-refractivity contribution in [2.45, 2.75) is 19.9 Å². The molecule has 0 fully saturated rings. The Balaban J connectivity index is 2.30. The van der Waals surface area contributed by atoms with Gasteiger partial charge in [0, 0.05) is 20.0 Å². The number of allylic oxidation sites excluding steroid dienone is 2. The van der Waals surface area contributed by atoms with Crippen LogP contribution >= 0.6 is 0 Å². The van der Waals surface area contributed by atoms with Gasteiger partial charge in [0.15, 0.2) is 5.75 Å². The van der Waals surface area contributed by atoms with Crippen LogP contribution in [0.4, 0.5) is 0 Å². The standard InChI is InChI=1S/C18H15NO5/c1-11(20)19-10-6-5-8-14(19)16-17(23-12(2)21)13-7-3-4-9-15(13)24-18(16)22/h3-10,14H,1-2H3. The highest BCUT2D eigenvalue weighted by Crippen LogP contribution is 2.35. The first-order valence-electron chi connectivity index (χ1n) is 7.37. The third-order valence-corrected chi connectivity index (χ3v) is 3.65. The van der Waals surface area contributed by atoms with Crippen LogP contribution in [-0.4, -0.2) is 16.8 Å².